The van der Waals surface area contributed by atoms with Gasteiger partial charge in [-0.05, 0) is 43.7 Å². The summed E-state index contributed by atoms with van der Waals surface area (Å²) in [5.74, 6) is 0.896. The smallest absolute Gasteiger partial charge is 0.119 e. The third kappa shape index (κ3) is 3.05. The van der Waals surface area contributed by atoms with Crippen molar-refractivity contribution in [3.05, 3.63) is 35.5 Å². The number of hydrogen-bond acceptors (Lipinski definition) is 4. The van der Waals surface area contributed by atoms with Crippen LogP contribution in [-0.4, -0.2) is 11.1 Å². The molecule has 2 rings (SSSR count). The molecule has 0 aliphatic carbocycles. The third-order valence-electron chi connectivity index (χ3n) is 2.24. The molecular formula is C13H16N2OS. The molecule has 3 nitrogen and oxygen atoms in total. The molecule has 0 aliphatic rings. The average molecular weight is 248 g/mol. The molecule has 0 spiro atoms. The second-order valence-electron chi connectivity index (χ2n) is 4.01. The predicted octanol–water partition coefficient (Wildman–Crippen LogP) is 3.06. The second kappa shape index (κ2) is 5.29. The van der Waals surface area contributed by atoms with Crippen molar-refractivity contribution in [2.24, 2.45) is 5.73 Å². The van der Waals surface area contributed by atoms with E-state index in [0.29, 0.717) is 6.54 Å². The van der Waals surface area contributed by atoms with Gasteiger partial charge in [0.2, 0.25) is 0 Å². The van der Waals surface area contributed by atoms with Crippen molar-refractivity contribution < 1.29 is 4.74 Å². The Labute approximate surface area is 105 Å². The number of ether oxygens (including phenoxy) is 1. The van der Waals surface area contributed by atoms with Crippen LogP contribution in [0.5, 0.6) is 5.75 Å². The molecule has 0 saturated heterocycles. The minimum atomic E-state index is 0.202. The quantitative estimate of drug-likeness (QED) is 0.904. The first-order valence-corrected chi connectivity index (χ1v) is 6.42. The predicted molar refractivity (Wildman–Crippen MR) is 71.2 cm³/mol. The van der Waals surface area contributed by atoms with E-state index in [0.717, 1.165) is 21.2 Å². The summed E-state index contributed by atoms with van der Waals surface area (Å²) in [6.07, 6.45) is 2.07. The highest BCUT2D eigenvalue weighted by atomic mass is 32.1. The van der Waals surface area contributed by atoms with Crippen molar-refractivity contribution in [3.8, 4) is 16.2 Å². The molecule has 0 fully saturated rings. The zero-order valence-corrected chi connectivity index (χ0v) is 10.8. The van der Waals surface area contributed by atoms with Gasteiger partial charge < -0.3 is 10.5 Å². The van der Waals surface area contributed by atoms with Crippen LogP contribution in [0.1, 0.15) is 18.9 Å². The molecule has 0 saturated carbocycles. The monoisotopic (exact) mass is 248 g/mol. The lowest BCUT2D eigenvalue weighted by atomic mass is 10.2. The van der Waals surface area contributed by atoms with Gasteiger partial charge in [0.1, 0.15) is 10.8 Å². The van der Waals surface area contributed by atoms with Gasteiger partial charge in [0.15, 0.2) is 0 Å². The van der Waals surface area contributed by atoms with Crippen molar-refractivity contribution in [1.29, 1.82) is 0 Å². The first-order valence-electron chi connectivity index (χ1n) is 5.61. The third-order valence-corrected chi connectivity index (χ3v) is 3.31. The molecule has 17 heavy (non-hydrogen) atoms. The molecule has 0 amide bonds. The van der Waals surface area contributed by atoms with E-state index in [-0.39, 0.29) is 6.10 Å². The molecule has 90 valence electrons. The average Bonchev–Trinajstić information content (AvgIpc) is 2.78. The van der Waals surface area contributed by atoms with E-state index in [2.05, 4.69) is 4.98 Å². The van der Waals surface area contributed by atoms with Crippen LogP contribution < -0.4 is 10.5 Å². The molecule has 0 radical (unpaired) electrons. The summed E-state index contributed by atoms with van der Waals surface area (Å²) in [5.41, 5.74) is 6.70. The Balaban J connectivity index is 2.17. The Morgan fingerprint density at radius 3 is 2.53 bits per heavy atom. The molecule has 4 heteroatoms. The van der Waals surface area contributed by atoms with Gasteiger partial charge in [-0.2, -0.15) is 0 Å². The summed E-state index contributed by atoms with van der Waals surface area (Å²) in [6.45, 7) is 4.54. The van der Waals surface area contributed by atoms with Gasteiger partial charge in [-0.1, -0.05) is 0 Å². The molecule has 0 bridgehead atoms. The standard InChI is InChI=1S/C13H16N2OS/c1-9(2)16-11-5-3-10(4-6-11)12-8-15-13(7-14)17-12/h3-6,8-9H,7,14H2,1-2H3. The van der Waals surface area contributed by atoms with Crippen molar-refractivity contribution in [3.63, 3.8) is 0 Å². The summed E-state index contributed by atoms with van der Waals surface area (Å²) < 4.78 is 5.60. The molecule has 2 aromatic rings. The van der Waals surface area contributed by atoms with Crippen molar-refractivity contribution >= 4 is 11.3 Å². The highest BCUT2D eigenvalue weighted by Gasteiger charge is 2.04. The van der Waals surface area contributed by atoms with E-state index in [1.807, 2.05) is 44.3 Å². The van der Waals surface area contributed by atoms with Gasteiger partial charge >= 0.3 is 0 Å². The Bertz CT molecular complexity index is 476. The van der Waals surface area contributed by atoms with E-state index in [1.54, 1.807) is 11.3 Å². The van der Waals surface area contributed by atoms with E-state index < -0.39 is 0 Å². The van der Waals surface area contributed by atoms with Gasteiger partial charge in [0, 0.05) is 12.7 Å². The fraction of sp³-hybridized carbons (Fsp3) is 0.308. The number of rotatable bonds is 4. The van der Waals surface area contributed by atoms with E-state index in [9.17, 15) is 0 Å². The number of thiazole rings is 1. The van der Waals surface area contributed by atoms with Crippen LogP contribution in [-0.2, 0) is 6.54 Å². The summed E-state index contributed by atoms with van der Waals surface area (Å²) in [4.78, 5) is 5.38. The summed E-state index contributed by atoms with van der Waals surface area (Å²) in [7, 11) is 0. The lowest BCUT2D eigenvalue weighted by molar-refractivity contribution is 0.242. The van der Waals surface area contributed by atoms with Crippen LogP contribution in [0, 0.1) is 0 Å². The molecule has 0 unspecified atom stereocenters. The minimum absolute atomic E-state index is 0.202. The number of benzene rings is 1. The molecule has 1 heterocycles. The van der Waals surface area contributed by atoms with E-state index >= 15 is 0 Å². The Morgan fingerprint density at radius 2 is 2.00 bits per heavy atom. The van der Waals surface area contributed by atoms with Gasteiger partial charge in [-0.15, -0.1) is 11.3 Å². The van der Waals surface area contributed by atoms with Crippen LogP contribution >= 0.6 is 11.3 Å². The van der Waals surface area contributed by atoms with Crippen LogP contribution in [0.3, 0.4) is 0 Å². The zero-order chi connectivity index (χ0) is 12.3. The lowest BCUT2D eigenvalue weighted by Gasteiger charge is -2.09. The number of nitrogens with zero attached hydrogens (tertiary/aromatic N) is 1. The summed E-state index contributed by atoms with van der Waals surface area (Å²) in [6, 6.07) is 8.06. The van der Waals surface area contributed by atoms with Gasteiger partial charge in [0.25, 0.3) is 0 Å². The maximum atomic E-state index is 5.60. The number of aromatic nitrogens is 1. The Kier molecular flexibility index (Phi) is 3.76. The minimum Gasteiger partial charge on any atom is -0.491 e. The van der Waals surface area contributed by atoms with E-state index in [4.69, 9.17) is 10.5 Å². The van der Waals surface area contributed by atoms with Crippen molar-refractivity contribution in [2.45, 2.75) is 26.5 Å². The molecule has 0 aliphatic heterocycles. The summed E-state index contributed by atoms with van der Waals surface area (Å²) >= 11 is 1.63. The SMILES string of the molecule is CC(C)Oc1ccc(-c2cnc(CN)s2)cc1. The van der Waals surface area contributed by atoms with E-state index in [1.165, 1.54) is 0 Å². The topological polar surface area (TPSA) is 48.1 Å². The fourth-order valence-electron chi connectivity index (χ4n) is 1.51. The fourth-order valence-corrected chi connectivity index (χ4v) is 2.31. The normalized spacial score (nSPS) is 10.8. The first-order chi connectivity index (χ1) is 8.19. The number of nitrogens with two attached hydrogens (primary N) is 1. The van der Waals surface area contributed by atoms with Crippen LogP contribution in [0.15, 0.2) is 30.5 Å². The largest absolute Gasteiger partial charge is 0.491 e. The lowest BCUT2D eigenvalue weighted by Crippen LogP contribution is -2.04. The zero-order valence-electron chi connectivity index (χ0n) is 10.0. The number of hydrogen-bond donors (Lipinski definition) is 1. The van der Waals surface area contributed by atoms with Gasteiger partial charge in [-0.25, -0.2) is 4.98 Å². The highest BCUT2D eigenvalue weighted by Crippen LogP contribution is 2.27. The van der Waals surface area contributed by atoms with Crippen LogP contribution in [0.4, 0.5) is 0 Å². The van der Waals surface area contributed by atoms with Crippen LogP contribution in [0.2, 0.25) is 0 Å². The molecular weight excluding hydrogens is 232 g/mol. The first kappa shape index (κ1) is 12.1. The molecule has 0 atom stereocenters. The van der Waals surface area contributed by atoms with Gasteiger partial charge in [0.05, 0.1) is 11.0 Å². The van der Waals surface area contributed by atoms with Crippen LogP contribution in [0.25, 0.3) is 10.4 Å². The Hall–Kier alpha value is -1.39. The maximum Gasteiger partial charge on any atom is 0.119 e. The maximum absolute atomic E-state index is 5.60. The molecule has 1 aromatic carbocycles. The highest BCUT2D eigenvalue weighted by molar-refractivity contribution is 7.15. The van der Waals surface area contributed by atoms with Crippen molar-refractivity contribution in [1.82, 2.24) is 4.98 Å². The van der Waals surface area contributed by atoms with Crippen molar-refractivity contribution in [2.75, 3.05) is 0 Å². The molecule has 1 aromatic heterocycles. The second-order valence-corrected chi connectivity index (χ2v) is 5.13. The Morgan fingerprint density at radius 1 is 1.29 bits per heavy atom. The van der Waals surface area contributed by atoms with Gasteiger partial charge in [-0.3, -0.25) is 0 Å². The summed E-state index contributed by atoms with van der Waals surface area (Å²) in [5, 5.41) is 0.961. The molecule has 2 N–H and O–H groups in total.